The number of H-pyrrole nitrogens is 1. The molecule has 0 bridgehead atoms. The van der Waals surface area contributed by atoms with Gasteiger partial charge in [-0.2, -0.15) is 0 Å². The number of carbonyl (C=O) groups excluding carboxylic acids is 1. The van der Waals surface area contributed by atoms with Crippen LogP contribution in [0.1, 0.15) is 17.4 Å². The molecule has 6 heteroatoms. The van der Waals surface area contributed by atoms with Crippen LogP contribution in [0, 0.1) is 0 Å². The Hall–Kier alpha value is -1.62. The van der Waals surface area contributed by atoms with Crippen LogP contribution in [0.4, 0.5) is 0 Å². The molecule has 0 saturated carbocycles. The Morgan fingerprint density at radius 3 is 3.07 bits per heavy atom. The van der Waals surface area contributed by atoms with Crippen molar-refractivity contribution in [3.63, 3.8) is 0 Å². The topological polar surface area (TPSA) is 67.9 Å². The number of nitrogens with zero attached hydrogens (tertiary/aromatic N) is 2. The fourth-order valence-corrected chi connectivity index (χ4v) is 1.38. The number of ether oxygens (including phenoxy) is 1. The van der Waals surface area contributed by atoms with Crippen molar-refractivity contribution in [3.8, 4) is 0 Å². The van der Waals surface area contributed by atoms with Gasteiger partial charge in [-0.1, -0.05) is 11.6 Å². The van der Waals surface area contributed by atoms with Gasteiger partial charge in [0, 0.05) is 5.39 Å². The van der Waals surface area contributed by atoms with Crippen molar-refractivity contribution >= 4 is 28.6 Å². The molecule has 0 unspecified atom stereocenters. The average molecular weight is 226 g/mol. The zero-order chi connectivity index (χ0) is 10.8. The average Bonchev–Trinajstić information content (AvgIpc) is 2.60. The van der Waals surface area contributed by atoms with Gasteiger partial charge in [-0.3, -0.25) is 0 Å². The Labute approximate surface area is 90.4 Å². The Bertz CT molecular complexity index is 509. The molecule has 0 aromatic carbocycles. The monoisotopic (exact) mass is 225 g/mol. The third-order valence-corrected chi connectivity index (χ3v) is 2.03. The summed E-state index contributed by atoms with van der Waals surface area (Å²) in [5.41, 5.74) is 0.867. The minimum Gasteiger partial charge on any atom is -0.461 e. The van der Waals surface area contributed by atoms with E-state index in [1.54, 1.807) is 19.1 Å². The molecule has 0 saturated heterocycles. The van der Waals surface area contributed by atoms with Crippen LogP contribution in [0.3, 0.4) is 0 Å². The van der Waals surface area contributed by atoms with E-state index in [0.29, 0.717) is 17.9 Å². The minimum atomic E-state index is -0.411. The number of fused-ring (bicyclic) bond motifs is 1. The summed E-state index contributed by atoms with van der Waals surface area (Å²) in [6.45, 7) is 2.08. The van der Waals surface area contributed by atoms with Gasteiger partial charge in [0.05, 0.1) is 6.61 Å². The molecule has 0 radical (unpaired) electrons. The first-order valence-electron chi connectivity index (χ1n) is 4.39. The predicted octanol–water partition coefficient (Wildman–Crippen LogP) is 1.79. The Morgan fingerprint density at radius 1 is 1.53 bits per heavy atom. The number of hydrogen-bond donors (Lipinski definition) is 1. The molecule has 15 heavy (non-hydrogen) atoms. The maximum atomic E-state index is 11.4. The van der Waals surface area contributed by atoms with Crippen LogP contribution >= 0.6 is 11.6 Å². The van der Waals surface area contributed by atoms with Crippen LogP contribution in [0.15, 0.2) is 12.1 Å². The molecule has 0 atom stereocenters. The van der Waals surface area contributed by atoms with Crippen molar-refractivity contribution in [1.29, 1.82) is 0 Å². The first-order valence-corrected chi connectivity index (χ1v) is 4.77. The smallest absolute Gasteiger partial charge is 0.354 e. The van der Waals surface area contributed by atoms with Gasteiger partial charge in [0.25, 0.3) is 0 Å². The highest BCUT2D eigenvalue weighted by molar-refractivity contribution is 6.29. The highest BCUT2D eigenvalue weighted by Crippen LogP contribution is 2.16. The lowest BCUT2D eigenvalue weighted by atomic mass is 10.3. The van der Waals surface area contributed by atoms with Crippen molar-refractivity contribution < 1.29 is 9.53 Å². The summed E-state index contributed by atoms with van der Waals surface area (Å²) in [5, 5.41) is 8.48. The number of esters is 1. The lowest BCUT2D eigenvalue weighted by Crippen LogP contribution is -2.04. The Balaban J connectivity index is 2.42. The van der Waals surface area contributed by atoms with Crippen molar-refractivity contribution in [1.82, 2.24) is 15.2 Å². The number of nitrogens with one attached hydrogen (secondary N) is 1. The molecule has 0 fully saturated rings. The fraction of sp³-hybridized carbons (Fsp3) is 0.222. The molecule has 78 valence electrons. The Morgan fingerprint density at radius 2 is 2.33 bits per heavy atom. The molecule has 1 N–H and O–H groups in total. The molecular formula is C9H8ClN3O2. The predicted molar refractivity (Wildman–Crippen MR) is 54.9 cm³/mol. The molecular weight excluding hydrogens is 218 g/mol. The molecule has 0 aliphatic rings. The van der Waals surface area contributed by atoms with Gasteiger partial charge >= 0.3 is 5.97 Å². The second-order valence-corrected chi connectivity index (χ2v) is 3.26. The van der Waals surface area contributed by atoms with Crippen molar-refractivity contribution in [2.75, 3.05) is 6.61 Å². The van der Waals surface area contributed by atoms with Crippen molar-refractivity contribution in [3.05, 3.63) is 23.0 Å². The van der Waals surface area contributed by atoms with Crippen LogP contribution in [-0.2, 0) is 4.74 Å². The number of aromatic nitrogens is 3. The first kappa shape index (κ1) is 9.92. The molecule has 2 rings (SSSR count). The molecule has 0 aliphatic heterocycles. The summed E-state index contributed by atoms with van der Waals surface area (Å²) < 4.78 is 4.84. The van der Waals surface area contributed by atoms with Gasteiger partial charge in [-0.15, -0.1) is 10.2 Å². The number of carbonyl (C=O) groups is 1. The van der Waals surface area contributed by atoms with E-state index in [9.17, 15) is 4.79 Å². The van der Waals surface area contributed by atoms with Gasteiger partial charge < -0.3 is 9.72 Å². The summed E-state index contributed by atoms with van der Waals surface area (Å²) in [4.78, 5) is 14.2. The van der Waals surface area contributed by atoms with E-state index < -0.39 is 5.97 Å². The van der Waals surface area contributed by atoms with E-state index in [2.05, 4.69) is 15.2 Å². The van der Waals surface area contributed by atoms with E-state index in [1.165, 1.54) is 0 Å². The molecule has 0 aliphatic carbocycles. The number of aromatic amines is 1. The Kier molecular flexibility index (Phi) is 2.55. The van der Waals surface area contributed by atoms with Crippen LogP contribution in [-0.4, -0.2) is 27.8 Å². The molecule has 2 heterocycles. The molecule has 2 aromatic heterocycles. The summed E-state index contributed by atoms with van der Waals surface area (Å²) in [6, 6.07) is 3.26. The quantitative estimate of drug-likeness (QED) is 0.792. The third kappa shape index (κ3) is 1.92. The molecule has 0 spiro atoms. The number of rotatable bonds is 2. The number of halogens is 1. The van der Waals surface area contributed by atoms with Gasteiger partial charge in [-0.25, -0.2) is 4.79 Å². The van der Waals surface area contributed by atoms with Gasteiger partial charge in [0.1, 0.15) is 5.69 Å². The van der Waals surface area contributed by atoms with E-state index in [0.717, 1.165) is 5.39 Å². The van der Waals surface area contributed by atoms with Gasteiger partial charge in [-0.05, 0) is 19.1 Å². The lowest BCUT2D eigenvalue weighted by molar-refractivity contribution is 0.0520. The zero-order valence-corrected chi connectivity index (χ0v) is 8.71. The van der Waals surface area contributed by atoms with Gasteiger partial charge in [0.2, 0.25) is 0 Å². The maximum absolute atomic E-state index is 11.4. The maximum Gasteiger partial charge on any atom is 0.354 e. The van der Waals surface area contributed by atoms with Gasteiger partial charge in [0.15, 0.2) is 10.8 Å². The van der Waals surface area contributed by atoms with Crippen LogP contribution in [0.2, 0.25) is 5.15 Å². The highest BCUT2D eigenvalue weighted by atomic mass is 35.5. The molecule has 2 aromatic rings. The van der Waals surface area contributed by atoms with Crippen LogP contribution in [0.25, 0.3) is 11.0 Å². The highest BCUT2D eigenvalue weighted by Gasteiger charge is 2.11. The molecule has 0 amide bonds. The normalized spacial score (nSPS) is 10.5. The first-order chi connectivity index (χ1) is 7.20. The minimum absolute atomic E-state index is 0.289. The largest absolute Gasteiger partial charge is 0.461 e. The zero-order valence-electron chi connectivity index (χ0n) is 7.95. The van der Waals surface area contributed by atoms with Crippen LogP contribution in [0.5, 0.6) is 0 Å². The van der Waals surface area contributed by atoms with E-state index in [4.69, 9.17) is 16.3 Å². The fourth-order valence-electron chi connectivity index (χ4n) is 1.23. The van der Waals surface area contributed by atoms with Crippen molar-refractivity contribution in [2.45, 2.75) is 6.92 Å². The third-order valence-electron chi connectivity index (χ3n) is 1.84. The van der Waals surface area contributed by atoms with Crippen LogP contribution < -0.4 is 0 Å². The summed E-state index contributed by atoms with van der Waals surface area (Å²) in [7, 11) is 0. The van der Waals surface area contributed by atoms with E-state index in [-0.39, 0.29) is 5.15 Å². The van der Waals surface area contributed by atoms with Crippen molar-refractivity contribution in [2.24, 2.45) is 0 Å². The standard InChI is InChI=1S/C9H8ClN3O2/c1-2-15-9(14)6-3-5-4-7(10)12-13-8(5)11-6/h3-4H,2H2,1H3,(H,11,13). The summed E-state index contributed by atoms with van der Waals surface area (Å²) in [5.74, 6) is -0.411. The molecule has 5 nitrogen and oxygen atoms in total. The summed E-state index contributed by atoms with van der Waals surface area (Å²) >= 11 is 5.66. The summed E-state index contributed by atoms with van der Waals surface area (Å²) in [6.07, 6.45) is 0. The lowest BCUT2D eigenvalue weighted by Gasteiger charge is -1.96. The van der Waals surface area contributed by atoms with E-state index >= 15 is 0 Å². The number of hydrogen-bond acceptors (Lipinski definition) is 4. The SMILES string of the molecule is CCOC(=O)c1cc2cc(Cl)nnc2[nH]1. The second-order valence-electron chi connectivity index (χ2n) is 2.87. The second kappa shape index (κ2) is 3.86. The van der Waals surface area contributed by atoms with E-state index in [1.807, 2.05) is 0 Å².